The van der Waals surface area contributed by atoms with Gasteiger partial charge in [-0.15, -0.1) is 0 Å². The van der Waals surface area contributed by atoms with Crippen molar-refractivity contribution < 1.29 is 0 Å². The first-order valence-corrected chi connectivity index (χ1v) is 5.06. The number of aromatic nitrogens is 2. The maximum absolute atomic E-state index is 5.53. The highest BCUT2D eigenvalue weighted by Crippen LogP contribution is 2.11. The van der Waals surface area contributed by atoms with Crippen LogP contribution in [0, 0.1) is 5.92 Å². The van der Waals surface area contributed by atoms with Gasteiger partial charge in [0.25, 0.3) is 0 Å². The second-order valence-corrected chi connectivity index (χ2v) is 3.88. The molecule has 1 aromatic heterocycles. The van der Waals surface area contributed by atoms with Gasteiger partial charge in [0.05, 0.1) is 0 Å². The number of rotatable bonds is 5. The highest BCUT2D eigenvalue weighted by atomic mass is 15.2. The van der Waals surface area contributed by atoms with Crippen molar-refractivity contribution in [2.45, 2.75) is 6.92 Å². The number of nitrogens with zero attached hydrogens (tertiary/aromatic N) is 3. The predicted molar refractivity (Wildman–Crippen MR) is 63.1 cm³/mol. The fourth-order valence-electron chi connectivity index (χ4n) is 1.05. The average Bonchev–Trinajstić information content (AvgIpc) is 2.26. The quantitative estimate of drug-likeness (QED) is 0.741. The van der Waals surface area contributed by atoms with Crippen molar-refractivity contribution in [3.63, 3.8) is 0 Å². The van der Waals surface area contributed by atoms with E-state index in [0.717, 1.165) is 18.2 Å². The molecule has 5 nitrogen and oxygen atoms in total. The Hall–Kier alpha value is -1.36. The molecule has 0 spiro atoms. The molecule has 3 N–H and O–H groups in total. The van der Waals surface area contributed by atoms with E-state index in [-0.39, 0.29) is 0 Å². The summed E-state index contributed by atoms with van der Waals surface area (Å²) in [6.45, 7) is 3.61. The van der Waals surface area contributed by atoms with Gasteiger partial charge in [-0.25, -0.2) is 9.97 Å². The predicted octanol–water partition coefficient (Wildman–Crippen LogP) is 0.549. The van der Waals surface area contributed by atoms with Crippen molar-refractivity contribution in [1.29, 1.82) is 0 Å². The zero-order valence-corrected chi connectivity index (χ0v) is 9.57. The SMILES string of the molecule is CC(CN)CNc1cc(N(C)C)ncn1. The van der Waals surface area contributed by atoms with Crippen molar-refractivity contribution in [3.8, 4) is 0 Å². The summed E-state index contributed by atoms with van der Waals surface area (Å²) >= 11 is 0. The van der Waals surface area contributed by atoms with Crippen LogP contribution in [-0.4, -0.2) is 37.2 Å². The first kappa shape index (κ1) is 11.7. The summed E-state index contributed by atoms with van der Waals surface area (Å²) in [5, 5.41) is 3.23. The van der Waals surface area contributed by atoms with Crippen LogP contribution < -0.4 is 16.0 Å². The Morgan fingerprint density at radius 2 is 2.20 bits per heavy atom. The molecule has 5 heteroatoms. The lowest BCUT2D eigenvalue weighted by atomic mass is 10.2. The molecule has 0 saturated carbocycles. The van der Waals surface area contributed by atoms with Gasteiger partial charge in [-0.1, -0.05) is 6.92 Å². The monoisotopic (exact) mass is 209 g/mol. The number of hydrogen-bond acceptors (Lipinski definition) is 5. The van der Waals surface area contributed by atoms with Gasteiger partial charge in [0.2, 0.25) is 0 Å². The van der Waals surface area contributed by atoms with E-state index >= 15 is 0 Å². The van der Waals surface area contributed by atoms with Crippen molar-refractivity contribution in [2.24, 2.45) is 11.7 Å². The van der Waals surface area contributed by atoms with E-state index in [1.807, 2.05) is 25.1 Å². The van der Waals surface area contributed by atoms with Gasteiger partial charge in [-0.05, 0) is 12.5 Å². The van der Waals surface area contributed by atoms with Crippen molar-refractivity contribution in [1.82, 2.24) is 9.97 Å². The summed E-state index contributed by atoms with van der Waals surface area (Å²) in [7, 11) is 3.91. The van der Waals surface area contributed by atoms with Gasteiger partial charge >= 0.3 is 0 Å². The molecule has 15 heavy (non-hydrogen) atoms. The van der Waals surface area contributed by atoms with Gasteiger partial charge in [0, 0.05) is 26.7 Å². The highest BCUT2D eigenvalue weighted by molar-refractivity contribution is 5.47. The molecule has 1 heterocycles. The molecule has 1 rings (SSSR count). The van der Waals surface area contributed by atoms with Crippen LogP contribution >= 0.6 is 0 Å². The van der Waals surface area contributed by atoms with Crippen LogP contribution in [0.4, 0.5) is 11.6 Å². The van der Waals surface area contributed by atoms with E-state index < -0.39 is 0 Å². The van der Waals surface area contributed by atoms with Crippen molar-refractivity contribution in [2.75, 3.05) is 37.4 Å². The second kappa shape index (κ2) is 5.50. The lowest BCUT2D eigenvalue weighted by Gasteiger charge is -2.14. The van der Waals surface area contributed by atoms with E-state index in [9.17, 15) is 0 Å². The minimum Gasteiger partial charge on any atom is -0.370 e. The number of nitrogens with two attached hydrogens (primary N) is 1. The molecule has 0 fully saturated rings. The van der Waals surface area contributed by atoms with Gasteiger partial charge in [-0.3, -0.25) is 0 Å². The summed E-state index contributed by atoms with van der Waals surface area (Å²) in [5.41, 5.74) is 5.53. The minimum absolute atomic E-state index is 0.447. The Morgan fingerprint density at radius 1 is 1.47 bits per heavy atom. The molecule has 0 bridgehead atoms. The van der Waals surface area contributed by atoms with Crippen LogP contribution in [0.1, 0.15) is 6.92 Å². The Kier molecular flexibility index (Phi) is 4.30. The van der Waals surface area contributed by atoms with Crippen LogP contribution in [0.25, 0.3) is 0 Å². The van der Waals surface area contributed by atoms with Gasteiger partial charge in [0.15, 0.2) is 0 Å². The zero-order valence-electron chi connectivity index (χ0n) is 9.57. The minimum atomic E-state index is 0.447. The summed E-state index contributed by atoms with van der Waals surface area (Å²) in [4.78, 5) is 10.2. The van der Waals surface area contributed by atoms with Crippen molar-refractivity contribution in [3.05, 3.63) is 12.4 Å². The van der Waals surface area contributed by atoms with Gasteiger partial charge < -0.3 is 16.0 Å². The molecule has 0 aromatic carbocycles. The van der Waals surface area contributed by atoms with Gasteiger partial charge in [-0.2, -0.15) is 0 Å². The lowest BCUT2D eigenvalue weighted by Crippen LogP contribution is -2.20. The standard InChI is InChI=1S/C10H19N5/c1-8(5-11)6-12-9-4-10(15(2)3)14-7-13-9/h4,7-8H,5-6,11H2,1-3H3,(H,12,13,14). The fraction of sp³-hybridized carbons (Fsp3) is 0.600. The van der Waals surface area contributed by atoms with Crippen LogP contribution in [0.2, 0.25) is 0 Å². The van der Waals surface area contributed by atoms with Crippen LogP contribution in [0.15, 0.2) is 12.4 Å². The fourth-order valence-corrected chi connectivity index (χ4v) is 1.05. The first-order valence-electron chi connectivity index (χ1n) is 5.06. The number of nitrogens with one attached hydrogen (secondary N) is 1. The maximum atomic E-state index is 5.53. The lowest BCUT2D eigenvalue weighted by molar-refractivity contribution is 0.627. The molecule has 0 radical (unpaired) electrons. The smallest absolute Gasteiger partial charge is 0.133 e. The van der Waals surface area contributed by atoms with E-state index in [1.54, 1.807) is 6.33 Å². The summed E-state index contributed by atoms with van der Waals surface area (Å²) < 4.78 is 0. The van der Waals surface area contributed by atoms with Crippen LogP contribution in [-0.2, 0) is 0 Å². The number of hydrogen-bond donors (Lipinski definition) is 2. The molecule has 0 saturated heterocycles. The zero-order chi connectivity index (χ0) is 11.3. The molecule has 84 valence electrons. The average molecular weight is 209 g/mol. The Morgan fingerprint density at radius 3 is 2.80 bits per heavy atom. The summed E-state index contributed by atoms with van der Waals surface area (Å²) in [6, 6.07) is 1.92. The number of anilines is 2. The molecule has 1 unspecified atom stereocenters. The molecular weight excluding hydrogens is 190 g/mol. The molecule has 1 atom stereocenters. The van der Waals surface area contributed by atoms with E-state index in [2.05, 4.69) is 22.2 Å². The Balaban J connectivity index is 2.58. The molecular formula is C10H19N5. The Labute approximate surface area is 90.7 Å². The molecule has 0 aliphatic heterocycles. The normalized spacial score (nSPS) is 12.3. The molecule has 0 aliphatic rings. The Bertz CT molecular complexity index is 300. The molecule has 1 aromatic rings. The topological polar surface area (TPSA) is 67.1 Å². The van der Waals surface area contributed by atoms with E-state index in [4.69, 9.17) is 5.73 Å². The maximum Gasteiger partial charge on any atom is 0.133 e. The summed E-state index contributed by atoms with van der Waals surface area (Å²) in [5.74, 6) is 2.18. The molecule has 0 aliphatic carbocycles. The third kappa shape index (κ3) is 3.71. The van der Waals surface area contributed by atoms with Crippen molar-refractivity contribution >= 4 is 11.6 Å². The first-order chi connectivity index (χ1) is 7.13. The molecule has 0 amide bonds. The third-order valence-electron chi connectivity index (χ3n) is 2.14. The highest BCUT2D eigenvalue weighted by Gasteiger charge is 2.02. The van der Waals surface area contributed by atoms with Crippen LogP contribution in [0.5, 0.6) is 0 Å². The van der Waals surface area contributed by atoms with E-state index in [1.165, 1.54) is 0 Å². The second-order valence-electron chi connectivity index (χ2n) is 3.88. The van der Waals surface area contributed by atoms with Gasteiger partial charge in [0.1, 0.15) is 18.0 Å². The van der Waals surface area contributed by atoms with E-state index in [0.29, 0.717) is 12.5 Å². The third-order valence-corrected chi connectivity index (χ3v) is 2.14. The largest absolute Gasteiger partial charge is 0.370 e. The van der Waals surface area contributed by atoms with Crippen LogP contribution in [0.3, 0.4) is 0 Å². The summed E-state index contributed by atoms with van der Waals surface area (Å²) in [6.07, 6.45) is 1.56.